The molecule has 0 bridgehead atoms. The average molecular weight is 705 g/mol. The van der Waals surface area contributed by atoms with E-state index in [1.54, 1.807) is 17.0 Å². The lowest BCUT2D eigenvalue weighted by Gasteiger charge is -2.26. The van der Waals surface area contributed by atoms with Crippen LogP contribution in [0.15, 0.2) is 30.3 Å². The number of carboxylic acid groups (broad SMARTS) is 1. The maximum atomic E-state index is 12.1. The molecule has 1 amide bonds. The zero-order valence-electron chi connectivity index (χ0n) is 14.9. The average Bonchev–Trinajstić information content (AvgIpc) is 2.58. The van der Waals surface area contributed by atoms with E-state index < -0.39 is 12.1 Å². The number of carbonyl (C=O) groups excluding carboxylic acids is 1. The summed E-state index contributed by atoms with van der Waals surface area (Å²) in [6.07, 6.45) is -1.13. The predicted molar refractivity (Wildman–Crippen MR) is 130 cm³/mol. The first kappa shape index (κ1) is 22.7. The van der Waals surface area contributed by atoms with Gasteiger partial charge in [-0.2, -0.15) is 0 Å². The molecule has 1 N–H and O–H groups in total. The monoisotopic (exact) mass is 705 g/mol. The third-order valence-corrected chi connectivity index (χ3v) is 6.63. The van der Waals surface area contributed by atoms with E-state index >= 15 is 0 Å². The summed E-state index contributed by atoms with van der Waals surface area (Å²) in [5.41, 5.74) is 2.20. The van der Waals surface area contributed by atoms with Crippen molar-refractivity contribution in [1.82, 2.24) is 0 Å². The maximum Gasteiger partial charge on any atom is 0.349 e. The van der Waals surface area contributed by atoms with Gasteiger partial charge >= 0.3 is 5.97 Å². The summed E-state index contributed by atoms with van der Waals surface area (Å²) < 4.78 is 8.45. The van der Waals surface area contributed by atoms with Crippen LogP contribution >= 0.6 is 67.8 Å². The van der Waals surface area contributed by atoms with Crippen LogP contribution in [0.4, 0.5) is 5.69 Å². The van der Waals surface area contributed by atoms with Crippen LogP contribution in [-0.4, -0.2) is 23.5 Å². The molecule has 0 aliphatic rings. The lowest BCUT2D eigenvalue weighted by Crippen LogP contribution is -2.30. The number of anilines is 1. The number of ether oxygens (including phenoxy) is 1. The normalized spacial score (nSPS) is 11.8. The summed E-state index contributed by atoms with van der Waals surface area (Å²) in [6, 6.07) is 9.18. The van der Waals surface area contributed by atoms with Crippen LogP contribution < -0.4 is 9.64 Å². The molecule has 0 heterocycles. The summed E-state index contributed by atoms with van der Waals surface area (Å²) in [5, 5.41) is 9.77. The van der Waals surface area contributed by atoms with Gasteiger partial charge in [0.25, 0.3) is 0 Å². The zero-order valence-corrected chi connectivity index (χ0v) is 21.4. The maximum absolute atomic E-state index is 12.1. The minimum Gasteiger partial charge on any atom is -0.478 e. The molecule has 2 aromatic carbocycles. The first-order chi connectivity index (χ1) is 12.7. The Bertz CT molecular complexity index is 885. The van der Waals surface area contributed by atoms with Crippen LogP contribution in [0.2, 0.25) is 0 Å². The molecule has 0 spiro atoms. The Balaban J connectivity index is 2.59. The van der Waals surface area contributed by atoms with Crippen molar-refractivity contribution in [3.8, 4) is 5.75 Å². The number of carboxylic acids is 1. The molecular formula is C19H18I3NO4. The van der Waals surface area contributed by atoms with Crippen molar-refractivity contribution in [2.24, 2.45) is 0 Å². The van der Waals surface area contributed by atoms with E-state index in [2.05, 4.69) is 67.8 Å². The van der Waals surface area contributed by atoms with Crippen molar-refractivity contribution in [2.75, 3.05) is 11.4 Å². The van der Waals surface area contributed by atoms with Gasteiger partial charge in [-0.3, -0.25) is 4.79 Å². The van der Waals surface area contributed by atoms with Crippen LogP contribution in [0.3, 0.4) is 0 Å². The van der Waals surface area contributed by atoms with Gasteiger partial charge in [0, 0.05) is 22.6 Å². The summed E-state index contributed by atoms with van der Waals surface area (Å²) >= 11 is 6.45. The summed E-state index contributed by atoms with van der Waals surface area (Å²) in [7, 11) is 0. The summed E-state index contributed by atoms with van der Waals surface area (Å²) in [4.78, 5) is 25.7. The van der Waals surface area contributed by atoms with E-state index in [1.807, 2.05) is 32.0 Å². The van der Waals surface area contributed by atoms with E-state index in [0.717, 1.165) is 22.0 Å². The van der Waals surface area contributed by atoms with Crippen LogP contribution in [0.25, 0.3) is 0 Å². The Hall–Kier alpha value is -0.630. The van der Waals surface area contributed by atoms with Crippen molar-refractivity contribution in [2.45, 2.75) is 26.9 Å². The number of carbonyl (C=O) groups is 2. The van der Waals surface area contributed by atoms with E-state index in [-0.39, 0.29) is 5.91 Å². The predicted octanol–water partition coefficient (Wildman–Crippen LogP) is 5.39. The van der Waals surface area contributed by atoms with Crippen molar-refractivity contribution >= 4 is 85.3 Å². The highest BCUT2D eigenvalue weighted by atomic mass is 127. The van der Waals surface area contributed by atoms with Gasteiger partial charge < -0.3 is 14.7 Å². The van der Waals surface area contributed by atoms with Gasteiger partial charge in [0.2, 0.25) is 12.0 Å². The zero-order chi connectivity index (χ0) is 20.3. The molecule has 0 saturated heterocycles. The Morgan fingerprint density at radius 1 is 1.19 bits per heavy atom. The fourth-order valence-corrected chi connectivity index (χ4v) is 6.91. The molecule has 0 aliphatic heterocycles. The summed E-state index contributed by atoms with van der Waals surface area (Å²) in [6.45, 7) is 5.79. The van der Waals surface area contributed by atoms with E-state index in [0.29, 0.717) is 17.9 Å². The number of aliphatic carboxylic acids is 1. The smallest absolute Gasteiger partial charge is 0.349 e. The number of hydrogen-bond donors (Lipinski definition) is 1. The fourth-order valence-electron chi connectivity index (χ4n) is 2.70. The molecular weight excluding hydrogens is 687 g/mol. The second kappa shape index (κ2) is 9.72. The Kier molecular flexibility index (Phi) is 8.16. The molecule has 27 heavy (non-hydrogen) atoms. The number of amides is 1. The molecule has 0 fully saturated rings. The fraction of sp³-hybridized carbons (Fsp3) is 0.263. The lowest BCUT2D eigenvalue weighted by atomic mass is 10.0. The van der Waals surface area contributed by atoms with Crippen molar-refractivity contribution in [3.05, 3.63) is 52.2 Å². The number of hydrogen-bond acceptors (Lipinski definition) is 3. The second-order valence-electron chi connectivity index (χ2n) is 5.79. The van der Waals surface area contributed by atoms with Crippen molar-refractivity contribution < 1.29 is 19.4 Å². The minimum atomic E-state index is -1.13. The second-order valence-corrected chi connectivity index (χ2v) is 9.19. The van der Waals surface area contributed by atoms with Gasteiger partial charge in [0.1, 0.15) is 5.75 Å². The standard InChI is InChI=1S/C19H18I3NO4/c1-4-23(11(3)24)16-13(20)9-14(21)18(15(16)22)27-17(19(25)26)12-8-6-5-7-10(12)2/h5-9,17H,4H2,1-3H3,(H,25,26). The number of aryl methyl sites for hydroxylation is 1. The van der Waals surface area contributed by atoms with E-state index in [4.69, 9.17) is 4.74 Å². The van der Waals surface area contributed by atoms with Crippen LogP contribution in [-0.2, 0) is 9.59 Å². The molecule has 5 nitrogen and oxygen atoms in total. The Morgan fingerprint density at radius 2 is 1.81 bits per heavy atom. The molecule has 8 heteroatoms. The molecule has 2 rings (SSSR count). The highest BCUT2D eigenvalue weighted by molar-refractivity contribution is 14.1. The third kappa shape index (κ3) is 5.05. The number of halogens is 3. The number of nitrogens with zero attached hydrogens (tertiary/aromatic N) is 1. The van der Waals surface area contributed by atoms with E-state index in [1.165, 1.54) is 6.92 Å². The van der Waals surface area contributed by atoms with Crippen molar-refractivity contribution in [3.63, 3.8) is 0 Å². The number of rotatable bonds is 6. The number of benzene rings is 2. The Morgan fingerprint density at radius 3 is 2.33 bits per heavy atom. The first-order valence-electron chi connectivity index (χ1n) is 8.09. The van der Waals surface area contributed by atoms with Crippen molar-refractivity contribution in [1.29, 1.82) is 0 Å². The largest absolute Gasteiger partial charge is 0.478 e. The molecule has 1 atom stereocenters. The van der Waals surface area contributed by atoms with Crippen LogP contribution in [0.5, 0.6) is 5.75 Å². The first-order valence-corrected chi connectivity index (χ1v) is 11.3. The van der Waals surface area contributed by atoms with Gasteiger partial charge in [0.15, 0.2) is 0 Å². The van der Waals surface area contributed by atoms with Gasteiger partial charge in [-0.05, 0) is 93.2 Å². The van der Waals surface area contributed by atoms with Gasteiger partial charge in [-0.1, -0.05) is 24.3 Å². The molecule has 0 radical (unpaired) electrons. The molecule has 1 unspecified atom stereocenters. The molecule has 0 aliphatic carbocycles. The van der Waals surface area contributed by atoms with Gasteiger partial charge in [0.05, 0.1) is 12.8 Å². The Labute approximate surface area is 199 Å². The highest BCUT2D eigenvalue weighted by Crippen LogP contribution is 2.41. The van der Waals surface area contributed by atoms with E-state index in [9.17, 15) is 14.7 Å². The van der Waals surface area contributed by atoms with Crippen LogP contribution in [0, 0.1) is 17.6 Å². The topological polar surface area (TPSA) is 66.8 Å². The summed E-state index contributed by atoms with van der Waals surface area (Å²) in [5.74, 6) is -0.661. The SMILES string of the molecule is CCN(C(C)=O)c1c(I)cc(I)c(OC(C(=O)O)c2ccccc2C)c1I. The molecule has 144 valence electrons. The highest BCUT2D eigenvalue weighted by Gasteiger charge is 2.28. The molecule has 2 aromatic rings. The minimum absolute atomic E-state index is 0.0748. The quantitative estimate of drug-likeness (QED) is 0.410. The third-order valence-electron chi connectivity index (χ3n) is 4.00. The van der Waals surface area contributed by atoms with Crippen LogP contribution in [0.1, 0.15) is 31.1 Å². The molecule has 0 aromatic heterocycles. The molecule has 0 saturated carbocycles. The van der Waals surface area contributed by atoms with Gasteiger partial charge in [-0.25, -0.2) is 4.79 Å². The van der Waals surface area contributed by atoms with Gasteiger partial charge in [-0.15, -0.1) is 0 Å². The lowest BCUT2D eigenvalue weighted by molar-refractivity contribution is -0.145.